The number of alkyl halides is 3. The van der Waals surface area contributed by atoms with Crippen molar-refractivity contribution in [3.8, 4) is 10.4 Å². The Morgan fingerprint density at radius 2 is 1.66 bits per heavy atom. The van der Waals surface area contributed by atoms with Gasteiger partial charge in [-0.25, -0.2) is 14.3 Å². The number of aliphatic carboxylic acids is 1. The summed E-state index contributed by atoms with van der Waals surface area (Å²) in [6.45, 7) is 4.34. The summed E-state index contributed by atoms with van der Waals surface area (Å²) in [5.74, 6) is -2.64. The van der Waals surface area contributed by atoms with Gasteiger partial charge in [0.1, 0.15) is 6.33 Å². The van der Waals surface area contributed by atoms with E-state index in [0.29, 0.717) is 6.54 Å². The predicted molar refractivity (Wildman–Crippen MR) is 142 cm³/mol. The van der Waals surface area contributed by atoms with Gasteiger partial charge >= 0.3 is 17.8 Å². The maximum atomic E-state index is 12.8. The number of rotatable bonds is 7. The zero-order chi connectivity index (χ0) is 30.3. The lowest BCUT2D eigenvalue weighted by Crippen LogP contribution is -2.48. The predicted octanol–water partition coefficient (Wildman–Crippen LogP) is 3.23. The number of nitrogens with two attached hydrogens (primary N) is 1. The largest absolute Gasteiger partial charge is 0.490 e. The molecule has 1 amide bonds. The van der Waals surface area contributed by atoms with Gasteiger partial charge in [-0.05, 0) is 29.8 Å². The van der Waals surface area contributed by atoms with Crippen LogP contribution in [-0.2, 0) is 22.7 Å². The Morgan fingerprint density at radius 3 is 2.17 bits per heavy atom. The van der Waals surface area contributed by atoms with E-state index in [-0.39, 0.29) is 24.6 Å². The van der Waals surface area contributed by atoms with E-state index in [9.17, 15) is 31.5 Å². The molecule has 0 spiro atoms. The first-order chi connectivity index (χ1) is 19.3. The number of hydrogen-bond donors (Lipinski definition) is 2. The molecule has 0 bridgehead atoms. The summed E-state index contributed by atoms with van der Waals surface area (Å²) in [5.41, 5.74) is 6.75. The van der Waals surface area contributed by atoms with Gasteiger partial charge in [-0.2, -0.15) is 27.1 Å². The number of benzene rings is 1. The third-order valence-corrected chi connectivity index (χ3v) is 7.24. The fourth-order valence-electron chi connectivity index (χ4n) is 3.87. The van der Waals surface area contributed by atoms with Crippen molar-refractivity contribution in [1.29, 1.82) is 0 Å². The second kappa shape index (κ2) is 13.5. The average molecular weight is 603 g/mol. The summed E-state index contributed by atoms with van der Waals surface area (Å²) >= 11 is 1.56. The standard InChI is InChI=1S/C23H26F2N6O2S.C2HF3O2/c1-16(32)28-8-10-29(11-9-28)19-4-2-17(3-5-19)21-7-6-20(34-21)14-30-15-27-31(23(30)33)13-18(12-26)22(24)25;3-2(4,5)1(6)7/h2-7,15H,8-14,26H2,1H3;(H,6,7). The van der Waals surface area contributed by atoms with E-state index >= 15 is 0 Å². The number of amides is 1. The summed E-state index contributed by atoms with van der Waals surface area (Å²) in [6, 6.07) is 12.3. The smallest absolute Gasteiger partial charge is 0.475 e. The number of carbonyl (C=O) groups excluding carboxylic acids is 1. The Hall–Kier alpha value is -4.05. The summed E-state index contributed by atoms with van der Waals surface area (Å²) < 4.78 is 59.8. The van der Waals surface area contributed by atoms with Crippen LogP contribution < -0.4 is 16.3 Å². The maximum Gasteiger partial charge on any atom is 0.490 e. The molecule has 0 atom stereocenters. The van der Waals surface area contributed by atoms with E-state index in [2.05, 4.69) is 34.3 Å². The first-order valence-electron chi connectivity index (χ1n) is 12.1. The van der Waals surface area contributed by atoms with Crippen molar-refractivity contribution in [2.45, 2.75) is 26.2 Å². The fourth-order valence-corrected chi connectivity index (χ4v) is 4.89. The summed E-state index contributed by atoms with van der Waals surface area (Å²) in [6.07, 6.45) is -5.61. The van der Waals surface area contributed by atoms with Crippen molar-refractivity contribution in [1.82, 2.24) is 19.2 Å². The number of aromatic nitrogens is 3. The van der Waals surface area contributed by atoms with Gasteiger partial charge in [0.25, 0.3) is 6.08 Å². The molecule has 3 heterocycles. The van der Waals surface area contributed by atoms with E-state index in [1.54, 1.807) is 18.3 Å². The van der Waals surface area contributed by atoms with Crippen LogP contribution in [0.4, 0.5) is 27.6 Å². The molecule has 0 radical (unpaired) electrons. The van der Waals surface area contributed by atoms with Gasteiger partial charge in [0, 0.05) is 60.7 Å². The van der Waals surface area contributed by atoms with Crippen LogP contribution in [0.2, 0.25) is 0 Å². The zero-order valence-corrected chi connectivity index (χ0v) is 22.6. The number of hydrogen-bond acceptors (Lipinski definition) is 7. The summed E-state index contributed by atoms with van der Waals surface area (Å²) in [5, 5.41) is 11.1. The van der Waals surface area contributed by atoms with Crippen molar-refractivity contribution < 1.29 is 36.6 Å². The zero-order valence-electron chi connectivity index (χ0n) is 21.8. The highest BCUT2D eigenvalue weighted by Gasteiger charge is 2.38. The number of piperazine rings is 1. The first-order valence-corrected chi connectivity index (χ1v) is 13.0. The topological polar surface area (TPSA) is 127 Å². The van der Waals surface area contributed by atoms with E-state index < -0.39 is 23.9 Å². The van der Waals surface area contributed by atoms with E-state index in [0.717, 1.165) is 51.9 Å². The minimum Gasteiger partial charge on any atom is -0.475 e. The highest BCUT2D eigenvalue weighted by atomic mass is 32.1. The molecule has 222 valence electrons. The summed E-state index contributed by atoms with van der Waals surface area (Å²) in [4.78, 5) is 39.1. The van der Waals surface area contributed by atoms with Crippen molar-refractivity contribution >= 4 is 28.9 Å². The Morgan fingerprint density at radius 1 is 1.05 bits per heavy atom. The lowest BCUT2D eigenvalue weighted by Gasteiger charge is -2.35. The normalized spacial score (nSPS) is 13.4. The van der Waals surface area contributed by atoms with Gasteiger partial charge in [0.15, 0.2) is 0 Å². The molecule has 1 saturated heterocycles. The van der Waals surface area contributed by atoms with Crippen LogP contribution in [0.25, 0.3) is 10.4 Å². The van der Waals surface area contributed by atoms with Crippen LogP contribution in [0, 0.1) is 0 Å². The van der Waals surface area contributed by atoms with Crippen LogP contribution >= 0.6 is 11.3 Å². The molecule has 1 fully saturated rings. The Bertz CT molecular complexity index is 1440. The molecule has 1 aliphatic heterocycles. The number of anilines is 1. The van der Waals surface area contributed by atoms with Crippen molar-refractivity contribution in [3.63, 3.8) is 0 Å². The van der Waals surface area contributed by atoms with E-state index in [1.807, 2.05) is 17.0 Å². The molecular weight excluding hydrogens is 575 g/mol. The molecule has 0 saturated carbocycles. The molecule has 16 heteroatoms. The lowest BCUT2D eigenvalue weighted by molar-refractivity contribution is -0.192. The second-order valence-electron chi connectivity index (χ2n) is 8.88. The molecule has 3 aromatic rings. The van der Waals surface area contributed by atoms with Crippen LogP contribution in [0.3, 0.4) is 0 Å². The molecule has 0 unspecified atom stereocenters. The molecule has 4 rings (SSSR count). The number of carboxylic acid groups (broad SMARTS) is 1. The van der Waals surface area contributed by atoms with Gasteiger partial charge in [-0.1, -0.05) is 12.1 Å². The van der Waals surface area contributed by atoms with Gasteiger partial charge in [-0.15, -0.1) is 11.3 Å². The molecular formula is C25H27F5N6O4S. The van der Waals surface area contributed by atoms with Crippen molar-refractivity contribution in [3.05, 3.63) is 69.7 Å². The number of thiophene rings is 1. The Kier molecular flexibility index (Phi) is 10.4. The van der Waals surface area contributed by atoms with E-state index in [1.165, 1.54) is 10.9 Å². The Labute approximate surface area is 234 Å². The van der Waals surface area contributed by atoms with Gasteiger partial charge < -0.3 is 20.6 Å². The molecule has 1 aliphatic rings. The van der Waals surface area contributed by atoms with Crippen LogP contribution in [0.5, 0.6) is 0 Å². The van der Waals surface area contributed by atoms with Crippen LogP contribution in [-0.4, -0.2) is 75.1 Å². The number of carbonyl (C=O) groups is 2. The van der Waals surface area contributed by atoms with Gasteiger partial charge in [0.05, 0.1) is 13.1 Å². The number of nitrogens with zero attached hydrogens (tertiary/aromatic N) is 5. The highest BCUT2D eigenvalue weighted by Crippen LogP contribution is 2.30. The maximum absolute atomic E-state index is 12.8. The molecule has 1 aromatic carbocycles. The van der Waals surface area contributed by atoms with E-state index in [4.69, 9.17) is 15.6 Å². The highest BCUT2D eigenvalue weighted by molar-refractivity contribution is 7.15. The van der Waals surface area contributed by atoms with Crippen LogP contribution in [0.1, 0.15) is 11.8 Å². The average Bonchev–Trinajstić information content (AvgIpc) is 3.54. The summed E-state index contributed by atoms with van der Waals surface area (Å²) in [7, 11) is 0. The van der Waals surface area contributed by atoms with Gasteiger partial charge in [-0.3, -0.25) is 9.36 Å². The fraction of sp³-hybridized carbons (Fsp3) is 0.360. The lowest BCUT2D eigenvalue weighted by atomic mass is 10.1. The molecule has 3 N–H and O–H groups in total. The monoisotopic (exact) mass is 602 g/mol. The third kappa shape index (κ3) is 8.47. The molecule has 2 aromatic heterocycles. The first kappa shape index (κ1) is 31.5. The van der Waals surface area contributed by atoms with Crippen molar-refractivity contribution in [2.24, 2.45) is 5.73 Å². The Balaban J connectivity index is 0.000000587. The molecule has 0 aliphatic carbocycles. The second-order valence-corrected chi connectivity index (χ2v) is 10.0. The minimum atomic E-state index is -5.08. The van der Waals surface area contributed by atoms with Gasteiger partial charge in [0.2, 0.25) is 5.91 Å². The number of carboxylic acids is 1. The quantitative estimate of drug-likeness (QED) is 0.398. The third-order valence-electron chi connectivity index (χ3n) is 6.12. The molecule has 41 heavy (non-hydrogen) atoms. The minimum absolute atomic E-state index is 0.115. The van der Waals surface area contributed by atoms with Crippen LogP contribution in [0.15, 0.2) is 59.2 Å². The number of halogens is 5. The SMILES string of the molecule is CC(=O)N1CCN(c2ccc(-c3ccc(Cn4cnn(CC(CN)=C(F)F)c4=O)s3)cc2)CC1.O=C(O)C(F)(F)F. The molecule has 10 nitrogen and oxygen atoms in total. The van der Waals surface area contributed by atoms with Crippen molar-refractivity contribution in [2.75, 3.05) is 37.6 Å².